The lowest BCUT2D eigenvalue weighted by atomic mass is 9.97. The number of fused-ring (bicyclic) bond motifs is 1. The van der Waals surface area contributed by atoms with Crippen molar-refractivity contribution in [1.82, 2.24) is 20.0 Å². The van der Waals surface area contributed by atoms with Gasteiger partial charge < -0.3 is 14.2 Å². The van der Waals surface area contributed by atoms with Crippen LogP contribution in [0, 0.1) is 25.6 Å². The van der Waals surface area contributed by atoms with E-state index in [1.165, 1.54) is 0 Å². The van der Waals surface area contributed by atoms with Gasteiger partial charge in [-0.25, -0.2) is 9.37 Å². The number of aryl methyl sites for hydroxylation is 3. The SMILES string of the molecule is CCc1cc(F)c2nc(N3CCN(CC4CCOCC4)C[C@H]3CC)c(-c3nc(C)no3)c(C)c2c1. The van der Waals surface area contributed by atoms with E-state index in [1.807, 2.05) is 26.8 Å². The second-order valence-electron chi connectivity index (χ2n) is 9.98. The molecule has 0 N–H and O–H groups in total. The van der Waals surface area contributed by atoms with Crippen molar-refractivity contribution in [2.45, 2.75) is 59.4 Å². The predicted octanol–water partition coefficient (Wildman–Crippen LogP) is 4.93. The Hall–Kier alpha value is -2.58. The van der Waals surface area contributed by atoms with Crippen LogP contribution < -0.4 is 4.90 Å². The Morgan fingerprint density at radius 2 is 1.89 bits per heavy atom. The highest BCUT2D eigenvalue weighted by atomic mass is 19.1. The number of piperazine rings is 1. The first-order chi connectivity index (χ1) is 17.0. The summed E-state index contributed by atoms with van der Waals surface area (Å²) in [6, 6.07) is 3.92. The highest BCUT2D eigenvalue weighted by Gasteiger charge is 2.32. The summed E-state index contributed by atoms with van der Waals surface area (Å²) in [7, 11) is 0. The summed E-state index contributed by atoms with van der Waals surface area (Å²) in [6.07, 6.45) is 4.02. The first kappa shape index (κ1) is 24.1. The van der Waals surface area contributed by atoms with Crippen molar-refractivity contribution in [3.63, 3.8) is 0 Å². The number of halogens is 1. The number of rotatable bonds is 6. The first-order valence-corrected chi connectivity index (χ1v) is 13.0. The van der Waals surface area contributed by atoms with Gasteiger partial charge in [-0.3, -0.25) is 4.90 Å². The molecule has 2 aliphatic heterocycles. The number of nitrogens with zero attached hydrogens (tertiary/aromatic N) is 5. The monoisotopic (exact) mass is 481 g/mol. The first-order valence-electron chi connectivity index (χ1n) is 13.0. The van der Waals surface area contributed by atoms with E-state index in [0.717, 1.165) is 93.0 Å². The molecule has 0 aliphatic carbocycles. The van der Waals surface area contributed by atoms with E-state index >= 15 is 4.39 Å². The minimum atomic E-state index is -0.275. The molecule has 35 heavy (non-hydrogen) atoms. The van der Waals surface area contributed by atoms with Crippen molar-refractivity contribution in [3.05, 3.63) is 34.9 Å². The van der Waals surface area contributed by atoms with Crippen LogP contribution in [-0.2, 0) is 11.2 Å². The van der Waals surface area contributed by atoms with E-state index in [2.05, 4.69) is 26.9 Å². The van der Waals surface area contributed by atoms with Gasteiger partial charge in [0.15, 0.2) is 5.82 Å². The Morgan fingerprint density at radius 3 is 2.57 bits per heavy atom. The molecule has 0 saturated carbocycles. The number of pyridine rings is 1. The molecule has 5 rings (SSSR count). The number of hydrogen-bond acceptors (Lipinski definition) is 7. The fourth-order valence-corrected chi connectivity index (χ4v) is 5.59. The van der Waals surface area contributed by atoms with Crippen molar-refractivity contribution in [2.24, 2.45) is 5.92 Å². The summed E-state index contributed by atoms with van der Waals surface area (Å²) in [5.74, 6) is 2.20. The fraction of sp³-hybridized carbons (Fsp3) is 0.593. The van der Waals surface area contributed by atoms with Crippen LogP contribution >= 0.6 is 0 Å². The molecule has 2 aromatic heterocycles. The second-order valence-corrected chi connectivity index (χ2v) is 9.98. The van der Waals surface area contributed by atoms with Gasteiger partial charge in [0.2, 0.25) is 0 Å². The van der Waals surface area contributed by atoms with E-state index in [9.17, 15) is 0 Å². The van der Waals surface area contributed by atoms with Crippen LogP contribution in [0.15, 0.2) is 16.7 Å². The maximum Gasteiger partial charge on any atom is 0.261 e. The van der Waals surface area contributed by atoms with Gasteiger partial charge in [0, 0.05) is 50.8 Å². The molecule has 0 spiro atoms. The van der Waals surface area contributed by atoms with E-state index in [0.29, 0.717) is 23.1 Å². The van der Waals surface area contributed by atoms with Gasteiger partial charge in [-0.1, -0.05) is 19.0 Å². The molecule has 7 nitrogen and oxygen atoms in total. The van der Waals surface area contributed by atoms with Crippen molar-refractivity contribution in [1.29, 1.82) is 0 Å². The summed E-state index contributed by atoms with van der Waals surface area (Å²) in [4.78, 5) is 14.4. The number of benzene rings is 1. The molecule has 188 valence electrons. The average molecular weight is 482 g/mol. The van der Waals surface area contributed by atoms with Gasteiger partial charge in [0.25, 0.3) is 5.89 Å². The molecule has 2 saturated heterocycles. The third-order valence-electron chi connectivity index (χ3n) is 7.66. The van der Waals surface area contributed by atoms with Crippen molar-refractivity contribution in [3.8, 4) is 11.5 Å². The zero-order valence-corrected chi connectivity index (χ0v) is 21.3. The maximum atomic E-state index is 15.2. The zero-order valence-electron chi connectivity index (χ0n) is 21.3. The van der Waals surface area contributed by atoms with E-state index < -0.39 is 0 Å². The minimum Gasteiger partial charge on any atom is -0.381 e. The second kappa shape index (κ2) is 10.2. The van der Waals surface area contributed by atoms with Crippen LogP contribution in [0.25, 0.3) is 22.4 Å². The number of aromatic nitrogens is 3. The summed E-state index contributed by atoms with van der Waals surface area (Å²) < 4.78 is 26.4. The molecule has 0 bridgehead atoms. The van der Waals surface area contributed by atoms with E-state index in [-0.39, 0.29) is 11.9 Å². The zero-order chi connectivity index (χ0) is 24.5. The van der Waals surface area contributed by atoms with Gasteiger partial charge in [0.1, 0.15) is 17.2 Å². The van der Waals surface area contributed by atoms with Crippen LogP contribution in [0.2, 0.25) is 0 Å². The van der Waals surface area contributed by atoms with Crippen LogP contribution in [-0.4, -0.2) is 65.5 Å². The molecular weight excluding hydrogens is 445 g/mol. The summed E-state index contributed by atoms with van der Waals surface area (Å²) >= 11 is 0. The molecule has 2 fully saturated rings. The van der Waals surface area contributed by atoms with E-state index in [4.69, 9.17) is 14.2 Å². The predicted molar refractivity (Wildman–Crippen MR) is 135 cm³/mol. The largest absolute Gasteiger partial charge is 0.381 e. The molecule has 4 heterocycles. The van der Waals surface area contributed by atoms with Gasteiger partial charge in [-0.2, -0.15) is 4.98 Å². The molecule has 0 amide bonds. The molecule has 2 aliphatic rings. The Bertz CT molecular complexity index is 1190. The van der Waals surface area contributed by atoms with Crippen LogP contribution in [0.3, 0.4) is 0 Å². The molecule has 8 heteroatoms. The average Bonchev–Trinajstić information content (AvgIpc) is 3.30. The van der Waals surface area contributed by atoms with Crippen LogP contribution in [0.5, 0.6) is 0 Å². The lowest BCUT2D eigenvalue weighted by Gasteiger charge is -2.43. The Kier molecular flexibility index (Phi) is 7.02. The third-order valence-corrected chi connectivity index (χ3v) is 7.66. The third kappa shape index (κ3) is 4.78. The Balaban J connectivity index is 1.55. The molecular formula is C27H36FN5O2. The van der Waals surface area contributed by atoms with Crippen molar-refractivity contribution < 1.29 is 13.7 Å². The van der Waals surface area contributed by atoms with Gasteiger partial charge in [-0.15, -0.1) is 0 Å². The minimum absolute atomic E-state index is 0.272. The molecule has 3 aromatic rings. The molecule has 1 aromatic carbocycles. The topological polar surface area (TPSA) is 67.5 Å². The number of hydrogen-bond donors (Lipinski definition) is 0. The fourth-order valence-electron chi connectivity index (χ4n) is 5.59. The van der Waals surface area contributed by atoms with Gasteiger partial charge in [0.05, 0.1) is 5.56 Å². The smallest absolute Gasteiger partial charge is 0.261 e. The molecule has 0 unspecified atom stereocenters. The Morgan fingerprint density at radius 1 is 1.09 bits per heavy atom. The number of anilines is 1. The Labute approximate surface area is 206 Å². The highest BCUT2D eigenvalue weighted by molar-refractivity contribution is 5.93. The maximum absolute atomic E-state index is 15.2. The summed E-state index contributed by atoms with van der Waals surface area (Å²) in [6.45, 7) is 13.7. The van der Waals surface area contributed by atoms with Crippen LogP contribution in [0.1, 0.15) is 50.1 Å². The van der Waals surface area contributed by atoms with Crippen LogP contribution in [0.4, 0.5) is 10.2 Å². The quantitative estimate of drug-likeness (QED) is 0.494. The van der Waals surface area contributed by atoms with E-state index in [1.54, 1.807) is 6.07 Å². The summed E-state index contributed by atoms with van der Waals surface area (Å²) in [5.41, 5.74) is 3.12. The van der Waals surface area contributed by atoms with Gasteiger partial charge in [-0.05, 0) is 68.7 Å². The standard InChI is InChI=1S/C27H36FN5O2/c1-5-19-13-22-17(3)24(27-29-18(4)31-35-27)26(30-25(22)23(28)14-19)33-10-9-32(16-21(33)6-2)15-20-7-11-34-12-8-20/h13-14,20-21H,5-12,15-16H2,1-4H3/t21-/m1/s1. The lowest BCUT2D eigenvalue weighted by molar-refractivity contribution is 0.0495. The highest BCUT2D eigenvalue weighted by Crippen LogP contribution is 2.39. The van der Waals surface area contributed by atoms with Gasteiger partial charge >= 0.3 is 0 Å². The number of ether oxygens (including phenoxy) is 1. The molecule has 1 atom stereocenters. The summed E-state index contributed by atoms with van der Waals surface area (Å²) in [5, 5.41) is 4.85. The molecule has 0 radical (unpaired) electrons. The van der Waals surface area contributed by atoms with Crippen molar-refractivity contribution >= 4 is 16.7 Å². The van der Waals surface area contributed by atoms with Crippen molar-refractivity contribution in [2.75, 3.05) is 44.3 Å². The lowest BCUT2D eigenvalue weighted by Crippen LogP contribution is -2.54. The normalized spacial score (nSPS) is 20.1.